The van der Waals surface area contributed by atoms with Gasteiger partial charge in [0, 0.05) is 32.5 Å². The highest BCUT2D eigenvalue weighted by molar-refractivity contribution is 5.97. The number of ketones is 1. The first-order chi connectivity index (χ1) is 19.7. The summed E-state index contributed by atoms with van der Waals surface area (Å²) in [7, 11) is 3.23. The summed E-state index contributed by atoms with van der Waals surface area (Å²) in [5.41, 5.74) is 0. The van der Waals surface area contributed by atoms with E-state index in [2.05, 4.69) is 32.6 Å². The molecular formula is C33H54O8. The Hall–Kier alpha value is -1.76. The Bertz CT molecular complexity index is 846. The molecule has 0 spiro atoms. The van der Waals surface area contributed by atoms with Gasteiger partial charge in [0.2, 0.25) is 5.78 Å². The molecule has 0 unspecified atom stereocenters. The van der Waals surface area contributed by atoms with Gasteiger partial charge in [0.15, 0.2) is 0 Å². The average Bonchev–Trinajstić information content (AvgIpc) is 3.39. The van der Waals surface area contributed by atoms with E-state index >= 15 is 0 Å². The second-order valence-electron chi connectivity index (χ2n) is 12.2. The van der Waals surface area contributed by atoms with Crippen LogP contribution in [0.2, 0.25) is 0 Å². The number of rotatable bonds is 11. The maximum atomic E-state index is 13.3. The van der Waals surface area contributed by atoms with Gasteiger partial charge in [-0.15, -0.1) is 0 Å². The largest absolute Gasteiger partial charge is 0.462 e. The van der Waals surface area contributed by atoms with Gasteiger partial charge in [0.05, 0.1) is 32.3 Å². The zero-order valence-corrected chi connectivity index (χ0v) is 26.2. The van der Waals surface area contributed by atoms with Crippen molar-refractivity contribution in [2.24, 2.45) is 35.5 Å². The number of ether oxygens (including phenoxy) is 6. The number of hydrogen-bond acceptors (Lipinski definition) is 8. The summed E-state index contributed by atoms with van der Waals surface area (Å²) in [4.78, 5) is 26.0. The van der Waals surface area contributed by atoms with Crippen LogP contribution in [-0.2, 0) is 38.0 Å². The Morgan fingerprint density at radius 1 is 0.927 bits per heavy atom. The molecule has 0 aromatic heterocycles. The normalized spacial score (nSPS) is 33.3. The number of Topliss-reactive ketones (excluding diaryl/α,β-unsaturated/α-hetero) is 1. The molecule has 0 saturated heterocycles. The van der Waals surface area contributed by atoms with Gasteiger partial charge in [-0.05, 0) is 67.8 Å². The van der Waals surface area contributed by atoms with Gasteiger partial charge in [-0.1, -0.05) is 46.1 Å². The van der Waals surface area contributed by atoms with E-state index in [0.717, 1.165) is 38.5 Å². The lowest BCUT2D eigenvalue weighted by atomic mass is 9.83. The first kappa shape index (κ1) is 35.4. The lowest BCUT2D eigenvalue weighted by Crippen LogP contribution is -2.34. The Labute approximate surface area is 248 Å². The highest BCUT2D eigenvalue weighted by atomic mass is 16.7. The van der Waals surface area contributed by atoms with Gasteiger partial charge >= 0.3 is 5.97 Å². The zero-order chi connectivity index (χ0) is 30.0. The fourth-order valence-electron chi connectivity index (χ4n) is 6.37. The van der Waals surface area contributed by atoms with E-state index in [1.54, 1.807) is 20.3 Å². The minimum Gasteiger partial charge on any atom is -0.462 e. The molecule has 1 aliphatic heterocycles. The van der Waals surface area contributed by atoms with Crippen molar-refractivity contribution in [1.29, 1.82) is 0 Å². The van der Waals surface area contributed by atoms with Crippen LogP contribution in [0.25, 0.3) is 0 Å². The summed E-state index contributed by atoms with van der Waals surface area (Å²) >= 11 is 0. The molecule has 8 atom stereocenters. The van der Waals surface area contributed by atoms with E-state index in [-0.39, 0.29) is 67.6 Å². The highest BCUT2D eigenvalue weighted by Crippen LogP contribution is 2.37. The first-order valence-corrected chi connectivity index (χ1v) is 15.4. The van der Waals surface area contributed by atoms with Gasteiger partial charge in [0.1, 0.15) is 19.7 Å². The lowest BCUT2D eigenvalue weighted by Gasteiger charge is -2.30. The van der Waals surface area contributed by atoms with Crippen molar-refractivity contribution in [3.05, 3.63) is 12.2 Å². The van der Waals surface area contributed by atoms with Crippen LogP contribution in [0.1, 0.15) is 79.1 Å². The van der Waals surface area contributed by atoms with Gasteiger partial charge in [-0.3, -0.25) is 9.59 Å². The summed E-state index contributed by atoms with van der Waals surface area (Å²) in [6.45, 7) is 10.4. The molecule has 1 saturated carbocycles. The van der Waals surface area contributed by atoms with Crippen molar-refractivity contribution >= 4 is 11.8 Å². The third-order valence-corrected chi connectivity index (χ3v) is 8.36. The fraction of sp³-hybridized carbons (Fsp3) is 0.818. The second-order valence-corrected chi connectivity index (χ2v) is 12.2. The van der Waals surface area contributed by atoms with Crippen LogP contribution in [-0.4, -0.2) is 71.6 Å². The predicted octanol–water partition coefficient (Wildman–Crippen LogP) is 5.58. The van der Waals surface area contributed by atoms with Gasteiger partial charge in [-0.2, -0.15) is 0 Å². The smallest absolute Gasteiger partial charge is 0.308 e. The molecule has 0 radical (unpaired) electrons. The number of carbonyl (C=O) groups excluding carboxylic acids is 2. The van der Waals surface area contributed by atoms with E-state index in [1.807, 2.05) is 13.0 Å². The maximum absolute atomic E-state index is 13.3. The minimum absolute atomic E-state index is 0.0274. The lowest BCUT2D eigenvalue weighted by molar-refractivity contribution is -0.161. The molecule has 8 heteroatoms. The van der Waals surface area contributed by atoms with Crippen molar-refractivity contribution in [3.63, 3.8) is 0 Å². The van der Waals surface area contributed by atoms with Crippen LogP contribution in [0, 0.1) is 47.3 Å². The molecular weight excluding hydrogens is 524 g/mol. The average molecular weight is 579 g/mol. The highest BCUT2D eigenvalue weighted by Gasteiger charge is 2.36. The summed E-state index contributed by atoms with van der Waals surface area (Å²) in [6, 6.07) is 0. The molecule has 0 N–H and O–H groups in total. The molecule has 0 amide bonds. The van der Waals surface area contributed by atoms with Gasteiger partial charge < -0.3 is 28.4 Å². The third-order valence-electron chi connectivity index (χ3n) is 8.36. The van der Waals surface area contributed by atoms with Crippen molar-refractivity contribution in [3.8, 4) is 11.8 Å². The van der Waals surface area contributed by atoms with Crippen molar-refractivity contribution in [2.45, 2.75) is 91.3 Å². The molecule has 8 nitrogen and oxygen atoms in total. The van der Waals surface area contributed by atoms with Crippen molar-refractivity contribution < 1.29 is 38.0 Å². The summed E-state index contributed by atoms with van der Waals surface area (Å²) in [6.07, 6.45) is 9.50. The predicted molar refractivity (Wildman–Crippen MR) is 158 cm³/mol. The molecule has 1 aliphatic carbocycles. The van der Waals surface area contributed by atoms with Crippen LogP contribution in [0.3, 0.4) is 0 Å². The van der Waals surface area contributed by atoms with Crippen molar-refractivity contribution in [1.82, 2.24) is 0 Å². The third kappa shape index (κ3) is 13.8. The van der Waals surface area contributed by atoms with E-state index in [1.165, 1.54) is 0 Å². The molecule has 41 heavy (non-hydrogen) atoms. The zero-order valence-electron chi connectivity index (χ0n) is 26.2. The number of methoxy groups -OCH3 is 2. The fourth-order valence-corrected chi connectivity index (χ4v) is 6.37. The van der Waals surface area contributed by atoms with E-state index in [0.29, 0.717) is 38.1 Å². The van der Waals surface area contributed by atoms with Crippen LogP contribution in [0.4, 0.5) is 0 Å². The number of esters is 1. The molecule has 234 valence electrons. The monoisotopic (exact) mass is 578 g/mol. The molecule has 0 bridgehead atoms. The Balaban J connectivity index is 2.19. The van der Waals surface area contributed by atoms with E-state index in [4.69, 9.17) is 28.4 Å². The molecule has 2 rings (SSSR count). The SMILES string of the molecule is COCCOCOC[C@@H]1CCC[C@H]1[C@@H]1C/C=C/C#CC(=O)[C@@H](C)C[C@H](C)C[C@H](C)C[C@H](C)[C@@H](OCOC)CC(=O)O1. The molecule has 0 aromatic carbocycles. The molecule has 0 aromatic rings. The quantitative estimate of drug-likeness (QED) is 0.103. The van der Waals surface area contributed by atoms with Crippen LogP contribution in [0.15, 0.2) is 12.2 Å². The Morgan fingerprint density at radius 2 is 1.71 bits per heavy atom. The summed E-state index contributed by atoms with van der Waals surface area (Å²) in [5.74, 6) is 6.72. The molecule has 1 fully saturated rings. The number of hydrogen-bond donors (Lipinski definition) is 0. The van der Waals surface area contributed by atoms with E-state index in [9.17, 15) is 9.59 Å². The minimum atomic E-state index is -0.308. The molecule has 1 heterocycles. The number of carbonyl (C=O) groups is 2. The van der Waals surface area contributed by atoms with E-state index < -0.39 is 0 Å². The van der Waals surface area contributed by atoms with Crippen LogP contribution in [0.5, 0.6) is 0 Å². The number of allylic oxidation sites excluding steroid dienone is 1. The number of cyclic esters (lactones) is 1. The summed E-state index contributed by atoms with van der Waals surface area (Å²) < 4.78 is 33.6. The van der Waals surface area contributed by atoms with Crippen LogP contribution >= 0.6 is 0 Å². The second kappa shape index (κ2) is 20.2. The maximum Gasteiger partial charge on any atom is 0.308 e. The summed E-state index contributed by atoms with van der Waals surface area (Å²) in [5, 5.41) is 0. The standard InChI is InChI=1S/C33H54O8/c1-24-17-25(2)19-27(4)32(40-22-37-6)20-33(35)41-31(14-9-7-8-13-30(34)26(3)18-24)29-12-10-11-28(29)21-39-23-38-16-15-36-5/h7,9,24-29,31-32H,10-12,14-23H2,1-6H3/b9-7+/t24-,25+,26+,27+,28+,29-,31+,32+/m1/s1. The van der Waals surface area contributed by atoms with Crippen LogP contribution < -0.4 is 0 Å². The topological polar surface area (TPSA) is 89.5 Å². The Kier molecular flexibility index (Phi) is 17.5. The molecule has 2 aliphatic rings. The van der Waals surface area contributed by atoms with Gasteiger partial charge in [-0.25, -0.2) is 0 Å². The Morgan fingerprint density at radius 3 is 2.46 bits per heavy atom. The first-order valence-electron chi connectivity index (χ1n) is 15.4. The van der Waals surface area contributed by atoms with Crippen molar-refractivity contribution in [2.75, 3.05) is 47.6 Å². The van der Waals surface area contributed by atoms with Gasteiger partial charge in [0.25, 0.3) is 0 Å².